The number of rotatable bonds is 8. The fourth-order valence-electron chi connectivity index (χ4n) is 5.96. The highest BCUT2D eigenvalue weighted by atomic mass is 31.2. The van der Waals surface area contributed by atoms with Crippen molar-refractivity contribution in [2.24, 2.45) is 0 Å². The minimum absolute atomic E-state index is 0.135. The highest BCUT2D eigenvalue weighted by Gasteiger charge is 2.44. The van der Waals surface area contributed by atoms with Crippen LogP contribution in [0, 0.1) is 0 Å². The first kappa shape index (κ1) is 26.7. The fraction of sp³-hybridized carbons (Fsp3) is 0.0571. The Hall–Kier alpha value is -4.54. The topological polar surface area (TPSA) is 81.0 Å². The van der Waals surface area contributed by atoms with E-state index in [-0.39, 0.29) is 5.69 Å². The van der Waals surface area contributed by atoms with Gasteiger partial charge in [-0.3, -0.25) is 0 Å². The predicted molar refractivity (Wildman–Crippen MR) is 157 cm³/mol. The zero-order valence-electron chi connectivity index (χ0n) is 22.2. The summed E-state index contributed by atoms with van der Waals surface area (Å²) in [4.78, 5) is 31.8. The predicted octanol–water partition coefficient (Wildman–Crippen LogP) is 5.93. The Bertz CT molecular complexity index is 1630. The van der Waals surface area contributed by atoms with E-state index in [4.69, 9.17) is 4.98 Å². The summed E-state index contributed by atoms with van der Waals surface area (Å²) in [7, 11) is -5.40. The van der Waals surface area contributed by atoms with E-state index in [2.05, 4.69) is 0 Å². The summed E-state index contributed by atoms with van der Waals surface area (Å²) in [5.74, 6) is 0. The first-order chi connectivity index (χ1) is 20.0. The number of hydrogen-bond acceptors (Lipinski definition) is 4. The van der Waals surface area contributed by atoms with E-state index in [1.165, 1.54) is 0 Å². The standard InChI is InChI=1S/C35H29N2O3P/c38-41(39,40)35(31-22-12-4-13-23-31,32-24-14-5-15-25-32)33-26-37(27-36-33)34(28-16-6-1-7-17-28,29-18-8-2-9-19-29)30-20-10-3-11-21-30/h1-27H,(H2,38,39,40)/p-2. The molecule has 0 amide bonds. The summed E-state index contributed by atoms with van der Waals surface area (Å²) in [6, 6.07) is 47.3. The molecule has 0 atom stereocenters. The van der Waals surface area contributed by atoms with Crippen molar-refractivity contribution in [2.45, 2.75) is 10.7 Å². The lowest BCUT2D eigenvalue weighted by molar-refractivity contribution is -0.319. The molecule has 0 aliphatic carbocycles. The molecule has 1 heterocycles. The van der Waals surface area contributed by atoms with E-state index in [0.717, 1.165) is 16.7 Å². The van der Waals surface area contributed by atoms with Gasteiger partial charge in [-0.2, -0.15) is 0 Å². The second-order valence-corrected chi connectivity index (χ2v) is 11.6. The lowest BCUT2D eigenvalue weighted by Gasteiger charge is -2.49. The van der Waals surface area contributed by atoms with Gasteiger partial charge in [-0.15, -0.1) is 0 Å². The fourth-order valence-corrected chi connectivity index (χ4v) is 7.28. The Balaban J connectivity index is 1.71. The molecule has 6 aromatic rings. The summed E-state index contributed by atoms with van der Waals surface area (Å²) in [5, 5.41) is -2.05. The Morgan fingerprint density at radius 2 is 0.829 bits per heavy atom. The van der Waals surface area contributed by atoms with Gasteiger partial charge in [0.25, 0.3) is 0 Å². The summed E-state index contributed by atoms with van der Waals surface area (Å²) in [5.41, 5.74) is 2.78. The molecule has 0 aliphatic rings. The van der Waals surface area contributed by atoms with Crippen LogP contribution in [0.5, 0.6) is 0 Å². The maximum absolute atomic E-state index is 13.5. The van der Waals surface area contributed by atoms with Crippen molar-refractivity contribution in [1.82, 2.24) is 9.55 Å². The zero-order valence-corrected chi connectivity index (χ0v) is 23.0. The molecule has 1 aromatic heterocycles. The second-order valence-electron chi connectivity index (χ2n) is 9.91. The smallest absolute Gasteiger partial charge is 0.121 e. The van der Waals surface area contributed by atoms with E-state index < -0.39 is 18.3 Å². The third-order valence-corrected chi connectivity index (χ3v) is 9.28. The van der Waals surface area contributed by atoms with Gasteiger partial charge in [-0.1, -0.05) is 152 Å². The molecule has 0 fully saturated rings. The van der Waals surface area contributed by atoms with Crippen LogP contribution in [0.4, 0.5) is 0 Å². The number of imidazole rings is 1. The van der Waals surface area contributed by atoms with Gasteiger partial charge in [0, 0.05) is 6.20 Å². The molecule has 6 heteroatoms. The molecular formula is C35H27N2O3P-2. The molecule has 5 aromatic carbocycles. The van der Waals surface area contributed by atoms with E-state index in [1.807, 2.05) is 95.6 Å². The number of aromatic nitrogens is 2. The average Bonchev–Trinajstić information content (AvgIpc) is 3.50. The molecule has 6 rings (SSSR count). The van der Waals surface area contributed by atoms with Gasteiger partial charge < -0.3 is 18.9 Å². The van der Waals surface area contributed by atoms with E-state index in [9.17, 15) is 14.4 Å². The monoisotopic (exact) mass is 554 g/mol. The van der Waals surface area contributed by atoms with Crippen molar-refractivity contribution in [1.29, 1.82) is 0 Å². The Morgan fingerprint density at radius 3 is 1.15 bits per heavy atom. The molecule has 41 heavy (non-hydrogen) atoms. The average molecular weight is 555 g/mol. The molecule has 0 saturated carbocycles. The SMILES string of the molecule is O=P([O-])([O-])C(c1ccccc1)(c1ccccc1)c1cn(C(c2ccccc2)(c2ccccc2)c2ccccc2)cn1. The number of benzene rings is 5. The molecule has 0 spiro atoms. The van der Waals surface area contributed by atoms with Crippen molar-refractivity contribution in [3.05, 3.63) is 198 Å². The van der Waals surface area contributed by atoms with Crippen LogP contribution in [0.2, 0.25) is 0 Å². The number of nitrogens with zero attached hydrogens (tertiary/aromatic N) is 2. The van der Waals surface area contributed by atoms with Gasteiger partial charge in [0.2, 0.25) is 0 Å². The van der Waals surface area contributed by atoms with Gasteiger partial charge in [-0.05, 0) is 35.4 Å². The highest BCUT2D eigenvalue weighted by Crippen LogP contribution is 2.59. The van der Waals surface area contributed by atoms with Gasteiger partial charge in [0.1, 0.15) is 5.54 Å². The molecule has 0 unspecified atom stereocenters. The summed E-state index contributed by atoms with van der Waals surface area (Å²) >= 11 is 0. The van der Waals surface area contributed by atoms with Gasteiger partial charge >= 0.3 is 0 Å². The maximum atomic E-state index is 13.5. The van der Waals surface area contributed by atoms with Crippen molar-refractivity contribution < 1.29 is 14.4 Å². The molecule has 5 nitrogen and oxygen atoms in total. The summed E-state index contributed by atoms with van der Waals surface area (Å²) < 4.78 is 15.5. The van der Waals surface area contributed by atoms with Crippen molar-refractivity contribution in [3.8, 4) is 0 Å². The molecule has 0 aliphatic heterocycles. The van der Waals surface area contributed by atoms with Crippen LogP contribution in [0.15, 0.2) is 164 Å². The Labute approximate surface area is 239 Å². The number of hydrogen-bond donors (Lipinski definition) is 0. The largest absolute Gasteiger partial charge is 0.810 e. The molecule has 0 saturated heterocycles. The third kappa shape index (κ3) is 4.36. The Kier molecular flexibility index (Phi) is 7.02. The lowest BCUT2D eigenvalue weighted by atomic mass is 9.76. The first-order valence-corrected chi connectivity index (χ1v) is 14.9. The Morgan fingerprint density at radius 1 is 0.512 bits per heavy atom. The van der Waals surface area contributed by atoms with Crippen LogP contribution in [0.25, 0.3) is 0 Å². The van der Waals surface area contributed by atoms with E-state index in [1.54, 1.807) is 73.2 Å². The van der Waals surface area contributed by atoms with Crippen LogP contribution in [0.3, 0.4) is 0 Å². The summed E-state index contributed by atoms with van der Waals surface area (Å²) in [6.07, 6.45) is 3.36. The minimum atomic E-state index is -5.40. The lowest BCUT2D eigenvalue weighted by Crippen LogP contribution is -2.40. The molecule has 202 valence electrons. The van der Waals surface area contributed by atoms with Crippen LogP contribution in [-0.4, -0.2) is 9.55 Å². The van der Waals surface area contributed by atoms with Crippen LogP contribution < -0.4 is 9.79 Å². The van der Waals surface area contributed by atoms with Crippen molar-refractivity contribution in [2.75, 3.05) is 0 Å². The maximum Gasteiger partial charge on any atom is 0.121 e. The van der Waals surface area contributed by atoms with Crippen LogP contribution in [0.1, 0.15) is 33.5 Å². The highest BCUT2D eigenvalue weighted by molar-refractivity contribution is 7.50. The minimum Gasteiger partial charge on any atom is -0.810 e. The molecule has 0 radical (unpaired) electrons. The summed E-state index contributed by atoms with van der Waals surface area (Å²) in [6.45, 7) is 0. The quantitative estimate of drug-likeness (QED) is 0.173. The van der Waals surface area contributed by atoms with Crippen molar-refractivity contribution in [3.63, 3.8) is 0 Å². The normalized spacial score (nSPS) is 12.2. The van der Waals surface area contributed by atoms with Crippen LogP contribution in [-0.2, 0) is 15.3 Å². The van der Waals surface area contributed by atoms with E-state index >= 15 is 0 Å². The molecular weight excluding hydrogens is 527 g/mol. The third-order valence-electron chi connectivity index (χ3n) is 7.71. The van der Waals surface area contributed by atoms with Gasteiger partial charge in [0.15, 0.2) is 0 Å². The van der Waals surface area contributed by atoms with Gasteiger partial charge in [0.05, 0.1) is 17.2 Å². The van der Waals surface area contributed by atoms with Crippen LogP contribution >= 0.6 is 7.60 Å². The molecule has 0 N–H and O–H groups in total. The second kappa shape index (κ2) is 10.8. The first-order valence-electron chi connectivity index (χ1n) is 13.3. The zero-order chi connectivity index (χ0) is 28.3. The molecule has 0 bridgehead atoms. The van der Waals surface area contributed by atoms with E-state index in [0.29, 0.717) is 11.1 Å². The van der Waals surface area contributed by atoms with Gasteiger partial charge in [-0.25, -0.2) is 4.98 Å². The van der Waals surface area contributed by atoms with Crippen molar-refractivity contribution >= 4 is 7.60 Å².